The van der Waals surface area contributed by atoms with Gasteiger partial charge in [0.15, 0.2) is 0 Å². The van der Waals surface area contributed by atoms with E-state index < -0.39 is 0 Å². The Kier molecular flexibility index (Phi) is 14.5. The van der Waals surface area contributed by atoms with E-state index in [4.69, 9.17) is 0 Å². The standard InChI is InChI=1S/C100H66N4/c1-3-28-77(29-4-1)101(79-50-42-67(43-51-79)68-44-52-81(53-45-68)103-97-58-46-73(89-38-15-24-69-20-7-11-34-85(69)89)62-93(97)94-63-74(47-59-98(94)103)90-39-16-25-70-21-8-12-35-86(70)90)83-32-19-33-84(66-83)102(78-30-5-2-6-31-78)80-54-56-82(57-55-80)104-99-60-48-75(91-40-17-26-71-22-9-13-36-87(71)91)64-95(99)96-65-76(49-61-100(96)104)92-41-18-27-72-23-10-14-37-88(72)92/h1-66H. The second-order valence-corrected chi connectivity index (χ2v) is 27.2. The SMILES string of the molecule is c1ccc(N(c2ccc(-c3ccc(-n4c5ccc(-c6cccc7ccccc67)cc5c5cc(-c6cccc7ccccc67)ccc54)cc3)cc2)c2cccc(N(c3ccccc3)c3ccc(-n4c5ccc(-c6cccc7ccccc67)cc5c5cc(-c6cccc7ccccc67)ccc54)cc3)c2)cc1. The molecule has 0 saturated heterocycles. The number of para-hydroxylation sites is 2. The van der Waals surface area contributed by atoms with Gasteiger partial charge in [0, 0.05) is 67.0 Å². The average Bonchev–Trinajstić information content (AvgIpc) is 1.60. The molecule has 2 aromatic heterocycles. The molecule has 486 valence electrons. The molecule has 0 fully saturated rings. The first-order valence-electron chi connectivity index (χ1n) is 35.8. The summed E-state index contributed by atoms with van der Waals surface area (Å²) in [6.07, 6.45) is 0. The van der Waals surface area contributed by atoms with E-state index in [0.29, 0.717) is 0 Å². The Balaban J connectivity index is 0.642. The molecule has 0 aliphatic heterocycles. The highest BCUT2D eigenvalue weighted by Gasteiger charge is 2.22. The van der Waals surface area contributed by atoms with Gasteiger partial charge in [-0.05, 0) is 238 Å². The van der Waals surface area contributed by atoms with Crippen molar-refractivity contribution in [1.29, 1.82) is 0 Å². The maximum absolute atomic E-state index is 2.44. The van der Waals surface area contributed by atoms with Gasteiger partial charge in [-0.1, -0.05) is 261 Å². The van der Waals surface area contributed by atoms with Crippen LogP contribution in [0.3, 0.4) is 0 Å². The summed E-state index contributed by atoms with van der Waals surface area (Å²) in [5.74, 6) is 0. The zero-order valence-electron chi connectivity index (χ0n) is 56.9. The monoisotopic (exact) mass is 1320 g/mol. The molecule has 0 atom stereocenters. The third kappa shape index (κ3) is 10.4. The van der Waals surface area contributed by atoms with Gasteiger partial charge in [-0.2, -0.15) is 0 Å². The van der Waals surface area contributed by atoms with Crippen LogP contribution >= 0.6 is 0 Å². The van der Waals surface area contributed by atoms with Gasteiger partial charge in [-0.25, -0.2) is 0 Å². The van der Waals surface area contributed by atoms with Crippen LogP contribution in [0.4, 0.5) is 34.1 Å². The van der Waals surface area contributed by atoms with E-state index in [0.717, 1.165) is 67.7 Å². The quantitative estimate of drug-likeness (QED) is 0.114. The molecule has 104 heavy (non-hydrogen) atoms. The molecule has 0 radical (unpaired) electrons. The summed E-state index contributed by atoms with van der Waals surface area (Å²) in [5.41, 5.74) is 25.2. The molecular formula is C100H66N4. The molecule has 2 heterocycles. The predicted molar refractivity (Wildman–Crippen MR) is 442 cm³/mol. The second kappa shape index (κ2) is 25.1. The summed E-state index contributed by atoms with van der Waals surface area (Å²) in [7, 11) is 0. The fraction of sp³-hybridized carbons (Fsp3) is 0. The van der Waals surface area contributed by atoms with Gasteiger partial charge >= 0.3 is 0 Å². The Morgan fingerprint density at radius 2 is 0.394 bits per heavy atom. The lowest BCUT2D eigenvalue weighted by atomic mass is 9.95. The molecule has 18 aromatic carbocycles. The number of hydrogen-bond donors (Lipinski definition) is 0. The van der Waals surface area contributed by atoms with Gasteiger partial charge in [0.1, 0.15) is 0 Å². The molecule has 20 rings (SSSR count). The van der Waals surface area contributed by atoms with E-state index in [1.165, 1.54) is 120 Å². The minimum Gasteiger partial charge on any atom is -0.310 e. The molecule has 4 heteroatoms. The van der Waals surface area contributed by atoms with E-state index in [9.17, 15) is 0 Å². The topological polar surface area (TPSA) is 16.3 Å². The number of hydrogen-bond acceptors (Lipinski definition) is 2. The van der Waals surface area contributed by atoms with E-state index in [-0.39, 0.29) is 0 Å². The first kappa shape index (κ1) is 60.2. The Morgan fingerprint density at radius 1 is 0.154 bits per heavy atom. The van der Waals surface area contributed by atoms with Crippen LogP contribution in [0.1, 0.15) is 0 Å². The van der Waals surface area contributed by atoms with Crippen LogP contribution in [-0.2, 0) is 0 Å². The van der Waals surface area contributed by atoms with E-state index >= 15 is 0 Å². The molecule has 0 saturated carbocycles. The lowest BCUT2D eigenvalue weighted by Gasteiger charge is -2.29. The molecule has 0 unspecified atom stereocenters. The summed E-state index contributed by atoms with van der Waals surface area (Å²) in [5, 5.41) is 14.8. The predicted octanol–water partition coefficient (Wildman–Crippen LogP) is 27.8. The average molecular weight is 1320 g/mol. The van der Waals surface area contributed by atoms with Crippen molar-refractivity contribution in [3.05, 3.63) is 400 Å². The zero-order chi connectivity index (χ0) is 68.6. The van der Waals surface area contributed by atoms with Crippen molar-refractivity contribution in [2.45, 2.75) is 0 Å². The Morgan fingerprint density at radius 3 is 0.731 bits per heavy atom. The summed E-state index contributed by atoms with van der Waals surface area (Å²) in [4.78, 5) is 4.73. The third-order valence-electron chi connectivity index (χ3n) is 21.3. The van der Waals surface area contributed by atoms with E-state index in [2.05, 4.69) is 419 Å². The number of fused-ring (bicyclic) bond motifs is 10. The Hall–Kier alpha value is -13.8. The van der Waals surface area contributed by atoms with Crippen LogP contribution in [0.2, 0.25) is 0 Å². The van der Waals surface area contributed by atoms with Crippen LogP contribution < -0.4 is 9.80 Å². The van der Waals surface area contributed by atoms with Crippen molar-refractivity contribution in [3.8, 4) is 67.0 Å². The molecule has 20 aromatic rings. The first-order valence-corrected chi connectivity index (χ1v) is 35.8. The fourth-order valence-electron chi connectivity index (χ4n) is 16.4. The van der Waals surface area contributed by atoms with Crippen molar-refractivity contribution in [3.63, 3.8) is 0 Å². The molecule has 0 bridgehead atoms. The maximum Gasteiger partial charge on any atom is 0.0541 e. The summed E-state index contributed by atoms with van der Waals surface area (Å²) in [6.45, 7) is 0. The van der Waals surface area contributed by atoms with Crippen molar-refractivity contribution >= 4 is 121 Å². The highest BCUT2D eigenvalue weighted by Crippen LogP contribution is 2.46. The number of rotatable bonds is 13. The lowest BCUT2D eigenvalue weighted by Crippen LogP contribution is -2.13. The van der Waals surface area contributed by atoms with Crippen molar-refractivity contribution in [2.75, 3.05) is 9.80 Å². The van der Waals surface area contributed by atoms with Crippen LogP contribution in [0.15, 0.2) is 400 Å². The number of nitrogens with zero attached hydrogens (tertiary/aromatic N) is 4. The zero-order valence-corrected chi connectivity index (χ0v) is 56.9. The smallest absolute Gasteiger partial charge is 0.0541 e. The minimum absolute atomic E-state index is 1.04. The third-order valence-corrected chi connectivity index (χ3v) is 21.3. The number of benzene rings is 18. The molecular weight excluding hydrogens is 1260 g/mol. The van der Waals surface area contributed by atoms with Crippen molar-refractivity contribution < 1.29 is 0 Å². The molecule has 0 aliphatic rings. The minimum atomic E-state index is 1.04. The Labute approximate surface area is 603 Å². The van der Waals surface area contributed by atoms with Crippen molar-refractivity contribution in [1.82, 2.24) is 9.13 Å². The second-order valence-electron chi connectivity index (χ2n) is 27.2. The van der Waals surface area contributed by atoms with E-state index in [1.807, 2.05) is 0 Å². The van der Waals surface area contributed by atoms with Gasteiger partial charge < -0.3 is 18.9 Å². The molecule has 0 amide bonds. The summed E-state index contributed by atoms with van der Waals surface area (Å²) in [6, 6.07) is 147. The molecule has 0 spiro atoms. The van der Waals surface area contributed by atoms with Crippen molar-refractivity contribution in [2.24, 2.45) is 0 Å². The highest BCUT2D eigenvalue weighted by atomic mass is 15.2. The largest absolute Gasteiger partial charge is 0.310 e. The summed E-state index contributed by atoms with van der Waals surface area (Å²) < 4.78 is 4.88. The lowest BCUT2D eigenvalue weighted by molar-refractivity contribution is 1.17. The van der Waals surface area contributed by atoms with Gasteiger partial charge in [-0.15, -0.1) is 0 Å². The van der Waals surface area contributed by atoms with Gasteiger partial charge in [-0.3, -0.25) is 0 Å². The fourth-order valence-corrected chi connectivity index (χ4v) is 16.4. The number of aromatic nitrogens is 2. The van der Waals surface area contributed by atoms with Gasteiger partial charge in [0.2, 0.25) is 0 Å². The molecule has 0 N–H and O–H groups in total. The highest BCUT2D eigenvalue weighted by molar-refractivity contribution is 6.15. The Bertz CT molecular complexity index is 6410. The molecule has 4 nitrogen and oxygen atoms in total. The molecule has 0 aliphatic carbocycles. The van der Waals surface area contributed by atoms with Crippen LogP contribution in [-0.4, -0.2) is 9.13 Å². The normalized spacial score (nSPS) is 11.7. The first-order chi connectivity index (χ1) is 51.6. The van der Waals surface area contributed by atoms with E-state index in [1.54, 1.807) is 0 Å². The van der Waals surface area contributed by atoms with Gasteiger partial charge in [0.05, 0.1) is 22.1 Å². The van der Waals surface area contributed by atoms with Crippen LogP contribution in [0.25, 0.3) is 154 Å². The summed E-state index contributed by atoms with van der Waals surface area (Å²) >= 11 is 0. The van der Waals surface area contributed by atoms with Gasteiger partial charge in [0.25, 0.3) is 0 Å². The van der Waals surface area contributed by atoms with Crippen LogP contribution in [0, 0.1) is 0 Å². The number of anilines is 6. The maximum atomic E-state index is 2.44. The van der Waals surface area contributed by atoms with Crippen LogP contribution in [0.5, 0.6) is 0 Å².